The summed E-state index contributed by atoms with van der Waals surface area (Å²) in [6.07, 6.45) is 7.88. The molecule has 0 spiro atoms. The summed E-state index contributed by atoms with van der Waals surface area (Å²) in [5.41, 5.74) is 9.68. The van der Waals surface area contributed by atoms with Crippen LogP contribution in [0.25, 0.3) is 0 Å². The average Bonchev–Trinajstić information content (AvgIpc) is 3.36. The number of hydrogen-bond donors (Lipinski definition) is 2. The van der Waals surface area contributed by atoms with Gasteiger partial charge in [0.05, 0.1) is 6.61 Å². The van der Waals surface area contributed by atoms with Crippen LogP contribution in [0.1, 0.15) is 68.7 Å². The molecule has 2 unspecified atom stereocenters. The standard InChI is InChI=1S/C29H37NO.C4H3NO2.B/c1-3-5-15-24(4-2)23-31-29(26-18-11-7-12-19-26,27-20-13-8-14-21-27)22-28(30)25-16-9-6-10-17-25;6-3-1-2-4(7)5-3;/h6-14,16-21,24,28H,3-5,15,22-23,30H2,1-2H3;1-2H,(H,5,6,7);. The van der Waals surface area contributed by atoms with Crippen molar-refractivity contribution in [3.05, 3.63) is 120 Å². The quantitative estimate of drug-likeness (QED) is 0.223. The van der Waals surface area contributed by atoms with Crippen LogP contribution in [0.5, 0.6) is 0 Å². The molecule has 0 saturated carbocycles. The normalized spacial score (nSPS) is 14.0. The number of nitrogens with one attached hydrogen (secondary N) is 1. The van der Waals surface area contributed by atoms with E-state index in [1.54, 1.807) is 0 Å². The lowest BCUT2D eigenvalue weighted by Crippen LogP contribution is -2.37. The van der Waals surface area contributed by atoms with E-state index >= 15 is 0 Å². The maximum Gasteiger partial charge on any atom is 0.250 e. The SMILES string of the molecule is CCCCC(CC)COC(CC(N)c1ccccc1)(c1ccccc1)c1ccccc1.O=C1C=CC(=O)N1.[B]. The molecule has 0 fully saturated rings. The van der Waals surface area contributed by atoms with Crippen LogP contribution >= 0.6 is 0 Å². The van der Waals surface area contributed by atoms with Gasteiger partial charge in [0, 0.05) is 33.0 Å². The Bertz CT molecular complexity index is 1100. The minimum atomic E-state index is -0.586. The summed E-state index contributed by atoms with van der Waals surface area (Å²) < 4.78 is 6.96. The van der Waals surface area contributed by atoms with Gasteiger partial charge < -0.3 is 10.5 Å². The number of ether oxygens (including phenoxy) is 1. The zero-order valence-corrected chi connectivity index (χ0v) is 23.1. The summed E-state index contributed by atoms with van der Waals surface area (Å²) in [7, 11) is 0. The van der Waals surface area contributed by atoms with Gasteiger partial charge in [-0.15, -0.1) is 0 Å². The van der Waals surface area contributed by atoms with Crippen molar-refractivity contribution in [3.8, 4) is 0 Å². The number of hydrogen-bond acceptors (Lipinski definition) is 4. The van der Waals surface area contributed by atoms with Gasteiger partial charge in [0.2, 0.25) is 0 Å². The summed E-state index contributed by atoms with van der Waals surface area (Å²) >= 11 is 0. The van der Waals surface area contributed by atoms with Crippen molar-refractivity contribution in [1.29, 1.82) is 0 Å². The van der Waals surface area contributed by atoms with E-state index in [-0.39, 0.29) is 26.3 Å². The lowest BCUT2D eigenvalue weighted by molar-refractivity contribution is -0.123. The summed E-state index contributed by atoms with van der Waals surface area (Å²) in [5.74, 6) is -0.102. The first-order valence-electron chi connectivity index (χ1n) is 13.6. The molecule has 6 heteroatoms. The Morgan fingerprint density at radius 2 is 1.28 bits per heavy atom. The molecule has 3 aromatic rings. The van der Waals surface area contributed by atoms with Crippen molar-refractivity contribution >= 4 is 20.2 Å². The highest BCUT2D eigenvalue weighted by molar-refractivity contribution is 6.12. The first-order chi connectivity index (χ1) is 18.5. The van der Waals surface area contributed by atoms with Gasteiger partial charge in [0.1, 0.15) is 5.60 Å². The van der Waals surface area contributed by atoms with Crippen LogP contribution in [0.3, 0.4) is 0 Å². The maximum atomic E-state index is 10.0. The first-order valence-corrected chi connectivity index (χ1v) is 13.6. The number of rotatable bonds is 12. The van der Waals surface area contributed by atoms with Gasteiger partial charge in [-0.1, -0.05) is 124 Å². The van der Waals surface area contributed by atoms with Gasteiger partial charge in [-0.3, -0.25) is 14.9 Å². The Kier molecular flexibility index (Phi) is 13.4. The second-order valence-corrected chi connectivity index (χ2v) is 9.69. The predicted molar refractivity (Wildman–Crippen MR) is 159 cm³/mol. The van der Waals surface area contributed by atoms with Crippen molar-refractivity contribution in [1.82, 2.24) is 5.32 Å². The smallest absolute Gasteiger partial charge is 0.250 e. The van der Waals surface area contributed by atoms with Gasteiger partial charge in [0.15, 0.2) is 0 Å². The summed E-state index contributed by atoms with van der Waals surface area (Å²) in [6.45, 7) is 5.26. The molecule has 5 nitrogen and oxygen atoms in total. The highest BCUT2D eigenvalue weighted by Gasteiger charge is 2.38. The lowest BCUT2D eigenvalue weighted by Gasteiger charge is -2.38. The third-order valence-corrected chi connectivity index (χ3v) is 6.96. The van der Waals surface area contributed by atoms with Crippen molar-refractivity contribution in [3.63, 3.8) is 0 Å². The van der Waals surface area contributed by atoms with Crippen LogP contribution in [0.4, 0.5) is 0 Å². The zero-order valence-electron chi connectivity index (χ0n) is 23.1. The molecule has 0 saturated heterocycles. The number of unbranched alkanes of at least 4 members (excludes halogenated alkanes) is 1. The molecule has 2 atom stereocenters. The maximum absolute atomic E-state index is 10.0. The summed E-state index contributed by atoms with van der Waals surface area (Å²) in [6, 6.07) is 31.5. The zero-order chi connectivity index (χ0) is 27.2. The van der Waals surface area contributed by atoms with E-state index in [2.05, 4.69) is 98.8 Å². The van der Waals surface area contributed by atoms with Crippen LogP contribution in [0.15, 0.2) is 103 Å². The Morgan fingerprint density at radius 1 is 0.795 bits per heavy atom. The number of amides is 2. The molecule has 2 amide bonds. The van der Waals surface area contributed by atoms with Crippen molar-refractivity contribution in [2.24, 2.45) is 11.7 Å². The number of benzene rings is 3. The molecule has 4 rings (SSSR count). The van der Waals surface area contributed by atoms with E-state index < -0.39 is 5.60 Å². The van der Waals surface area contributed by atoms with E-state index in [0.29, 0.717) is 12.3 Å². The predicted octanol–water partition coefficient (Wildman–Crippen LogP) is 6.07. The molecule has 0 aliphatic carbocycles. The summed E-state index contributed by atoms with van der Waals surface area (Å²) in [5, 5.41) is 2.03. The third kappa shape index (κ3) is 9.34. The molecular weight excluding hydrogens is 483 g/mol. The molecule has 39 heavy (non-hydrogen) atoms. The summed E-state index contributed by atoms with van der Waals surface area (Å²) in [4.78, 5) is 20.1. The van der Waals surface area contributed by atoms with Crippen molar-refractivity contribution in [2.75, 3.05) is 6.61 Å². The number of nitrogens with two attached hydrogens (primary N) is 1. The largest absolute Gasteiger partial charge is 0.365 e. The molecule has 3 N–H and O–H groups in total. The monoisotopic (exact) mass is 523 g/mol. The van der Waals surface area contributed by atoms with Gasteiger partial charge in [-0.05, 0) is 29.0 Å². The first kappa shape index (κ1) is 31.7. The molecule has 3 aromatic carbocycles. The number of imide groups is 1. The van der Waals surface area contributed by atoms with E-state index in [1.807, 2.05) is 11.4 Å². The number of carbonyl (C=O) groups excluding carboxylic acids is 2. The molecule has 1 heterocycles. The lowest BCUT2D eigenvalue weighted by atomic mass is 9.79. The molecule has 0 bridgehead atoms. The fourth-order valence-electron chi connectivity index (χ4n) is 4.68. The molecule has 3 radical (unpaired) electrons. The van der Waals surface area contributed by atoms with Gasteiger partial charge in [-0.2, -0.15) is 0 Å². The van der Waals surface area contributed by atoms with Crippen LogP contribution in [0, 0.1) is 5.92 Å². The molecule has 1 aliphatic heterocycles. The highest BCUT2D eigenvalue weighted by atomic mass is 16.5. The molecular formula is C33H40BN2O3. The molecule has 0 aromatic heterocycles. The second-order valence-electron chi connectivity index (χ2n) is 9.69. The average molecular weight is 524 g/mol. The van der Waals surface area contributed by atoms with E-state index in [0.717, 1.165) is 29.7 Å². The number of carbonyl (C=O) groups is 2. The Hall–Kier alpha value is -3.48. The van der Waals surface area contributed by atoms with Crippen molar-refractivity contribution in [2.45, 2.75) is 57.6 Å². The second kappa shape index (κ2) is 16.5. The Balaban J connectivity index is 0.000000579. The van der Waals surface area contributed by atoms with Gasteiger partial charge >= 0.3 is 0 Å². The van der Waals surface area contributed by atoms with Gasteiger partial charge in [0.25, 0.3) is 11.8 Å². The Labute approximate surface area is 235 Å². The third-order valence-electron chi connectivity index (χ3n) is 6.96. The fourth-order valence-corrected chi connectivity index (χ4v) is 4.68. The van der Waals surface area contributed by atoms with Crippen LogP contribution in [-0.2, 0) is 19.9 Å². The van der Waals surface area contributed by atoms with Crippen LogP contribution in [0.2, 0.25) is 0 Å². The van der Waals surface area contributed by atoms with Gasteiger partial charge in [-0.25, -0.2) is 0 Å². The minimum Gasteiger partial charge on any atom is -0.365 e. The minimum absolute atomic E-state index is 0. The molecule has 1 aliphatic rings. The van der Waals surface area contributed by atoms with E-state index in [1.165, 1.54) is 31.4 Å². The fraction of sp³-hybridized carbons (Fsp3) is 0.333. The highest BCUT2D eigenvalue weighted by Crippen LogP contribution is 2.41. The van der Waals surface area contributed by atoms with E-state index in [9.17, 15) is 9.59 Å². The molecule has 203 valence electrons. The topological polar surface area (TPSA) is 81.4 Å². The van der Waals surface area contributed by atoms with Crippen molar-refractivity contribution < 1.29 is 14.3 Å². The van der Waals surface area contributed by atoms with Crippen LogP contribution in [-0.4, -0.2) is 26.8 Å². The Morgan fingerprint density at radius 3 is 1.69 bits per heavy atom. The van der Waals surface area contributed by atoms with Crippen LogP contribution < -0.4 is 11.1 Å². The van der Waals surface area contributed by atoms with E-state index in [4.69, 9.17) is 10.5 Å².